The number of thioether (sulfide) groups is 1. The third kappa shape index (κ3) is 3.33. The summed E-state index contributed by atoms with van der Waals surface area (Å²) in [6, 6.07) is 0. The minimum absolute atomic E-state index is 0.120. The van der Waals surface area contributed by atoms with Gasteiger partial charge < -0.3 is 5.11 Å². The van der Waals surface area contributed by atoms with Gasteiger partial charge in [0.2, 0.25) is 0 Å². The van der Waals surface area contributed by atoms with E-state index in [1.807, 2.05) is 20.1 Å². The van der Waals surface area contributed by atoms with Crippen LogP contribution in [0.25, 0.3) is 0 Å². The molecule has 0 amide bonds. The van der Waals surface area contributed by atoms with E-state index in [4.69, 9.17) is 5.11 Å². The lowest BCUT2D eigenvalue weighted by Crippen LogP contribution is -2.16. The lowest BCUT2D eigenvalue weighted by atomic mass is 10.1. The van der Waals surface area contributed by atoms with Crippen LogP contribution in [-0.4, -0.2) is 23.2 Å². The van der Waals surface area contributed by atoms with Crippen molar-refractivity contribution in [3.63, 3.8) is 0 Å². The first-order chi connectivity index (χ1) is 3.68. The Hall–Kier alpha value is 0.310. The van der Waals surface area contributed by atoms with E-state index in [0.29, 0.717) is 5.92 Å². The third-order valence-electron chi connectivity index (χ3n) is 1.11. The maximum Gasteiger partial charge on any atom is 0.0653 e. The summed E-state index contributed by atoms with van der Waals surface area (Å²) in [6.45, 7) is 4.06. The van der Waals surface area contributed by atoms with Gasteiger partial charge >= 0.3 is 0 Å². The molecule has 0 aliphatic rings. The van der Waals surface area contributed by atoms with Crippen molar-refractivity contribution in [1.29, 1.82) is 0 Å². The molecule has 0 aliphatic carbocycles. The van der Waals surface area contributed by atoms with Crippen molar-refractivity contribution in [2.24, 2.45) is 5.92 Å². The zero-order chi connectivity index (χ0) is 6.57. The van der Waals surface area contributed by atoms with Crippen molar-refractivity contribution >= 4 is 11.8 Å². The molecular weight excluding hydrogens is 120 g/mol. The fraction of sp³-hybridized carbons (Fsp3) is 1.00. The third-order valence-corrected chi connectivity index (χ3v) is 1.78. The highest BCUT2D eigenvalue weighted by atomic mass is 32.2. The Morgan fingerprint density at radius 1 is 1.50 bits per heavy atom. The van der Waals surface area contributed by atoms with E-state index >= 15 is 0 Å². The molecule has 0 heterocycles. The standard InChI is InChI=1S/C6H14OS/c1-5(2)6(7)4-8-3/h5-7H,4H2,1-3H3. The largest absolute Gasteiger partial charge is 0.392 e. The number of aliphatic hydroxyl groups excluding tert-OH is 1. The van der Waals surface area contributed by atoms with Crippen LogP contribution >= 0.6 is 11.8 Å². The summed E-state index contributed by atoms with van der Waals surface area (Å²) in [6.07, 6.45) is 1.89. The lowest BCUT2D eigenvalue weighted by molar-refractivity contribution is 0.149. The van der Waals surface area contributed by atoms with Gasteiger partial charge in [0.05, 0.1) is 6.10 Å². The lowest BCUT2D eigenvalue weighted by Gasteiger charge is -2.11. The van der Waals surface area contributed by atoms with Gasteiger partial charge in [-0.2, -0.15) is 11.8 Å². The van der Waals surface area contributed by atoms with Crippen LogP contribution in [0.1, 0.15) is 13.8 Å². The zero-order valence-electron chi connectivity index (χ0n) is 5.72. The number of hydrogen-bond donors (Lipinski definition) is 1. The summed E-state index contributed by atoms with van der Waals surface area (Å²) in [5.74, 6) is 1.26. The van der Waals surface area contributed by atoms with Gasteiger partial charge in [-0.15, -0.1) is 0 Å². The summed E-state index contributed by atoms with van der Waals surface area (Å²) >= 11 is 1.69. The molecule has 1 nitrogen and oxygen atoms in total. The first kappa shape index (κ1) is 8.31. The monoisotopic (exact) mass is 134 g/mol. The predicted molar refractivity (Wildman–Crippen MR) is 39.2 cm³/mol. The average molecular weight is 134 g/mol. The van der Waals surface area contributed by atoms with Crippen molar-refractivity contribution < 1.29 is 5.11 Å². The number of hydrogen-bond acceptors (Lipinski definition) is 2. The molecule has 0 rings (SSSR count). The molecule has 0 radical (unpaired) electrons. The molecule has 0 fully saturated rings. The van der Waals surface area contributed by atoms with Crippen molar-refractivity contribution in [1.82, 2.24) is 0 Å². The van der Waals surface area contributed by atoms with Crippen LogP contribution in [0.5, 0.6) is 0 Å². The normalized spacial score (nSPS) is 14.6. The molecule has 0 aromatic heterocycles. The second-order valence-electron chi connectivity index (χ2n) is 2.27. The minimum atomic E-state index is -0.120. The summed E-state index contributed by atoms with van der Waals surface area (Å²) in [4.78, 5) is 0. The van der Waals surface area contributed by atoms with E-state index < -0.39 is 0 Å². The fourth-order valence-corrected chi connectivity index (χ4v) is 1.09. The van der Waals surface area contributed by atoms with E-state index in [-0.39, 0.29) is 6.10 Å². The van der Waals surface area contributed by atoms with Gasteiger partial charge in [-0.3, -0.25) is 0 Å². The first-order valence-electron chi connectivity index (χ1n) is 2.85. The predicted octanol–water partition coefficient (Wildman–Crippen LogP) is 1.37. The summed E-state index contributed by atoms with van der Waals surface area (Å²) in [5, 5.41) is 9.11. The summed E-state index contributed by atoms with van der Waals surface area (Å²) < 4.78 is 0. The maximum atomic E-state index is 9.11. The molecule has 1 N–H and O–H groups in total. The van der Waals surface area contributed by atoms with E-state index in [9.17, 15) is 0 Å². The molecule has 1 unspecified atom stereocenters. The van der Waals surface area contributed by atoms with Crippen LogP contribution in [0.2, 0.25) is 0 Å². The Balaban J connectivity index is 3.17. The number of aliphatic hydroxyl groups is 1. The molecular formula is C6H14OS. The molecule has 0 aromatic carbocycles. The van der Waals surface area contributed by atoms with E-state index in [1.54, 1.807) is 11.8 Å². The Labute approximate surface area is 55.5 Å². The van der Waals surface area contributed by atoms with Crippen molar-refractivity contribution in [3.05, 3.63) is 0 Å². The van der Waals surface area contributed by atoms with Crippen molar-refractivity contribution in [2.75, 3.05) is 12.0 Å². The average Bonchev–Trinajstić information content (AvgIpc) is 1.67. The Bertz CT molecular complexity index is 54.5. The van der Waals surface area contributed by atoms with Gasteiger partial charge in [0.25, 0.3) is 0 Å². The smallest absolute Gasteiger partial charge is 0.0653 e. The Kier molecular flexibility index (Phi) is 4.38. The molecule has 1 atom stereocenters. The van der Waals surface area contributed by atoms with E-state index in [1.165, 1.54) is 0 Å². The molecule has 0 saturated carbocycles. The molecule has 8 heavy (non-hydrogen) atoms. The quantitative estimate of drug-likeness (QED) is 0.629. The SMILES string of the molecule is CSCC(O)C(C)C. The molecule has 50 valence electrons. The maximum absolute atomic E-state index is 9.11. The molecule has 0 aliphatic heterocycles. The topological polar surface area (TPSA) is 20.2 Å². The molecule has 0 saturated heterocycles. The molecule has 0 aromatic rings. The Morgan fingerprint density at radius 3 is 2.12 bits per heavy atom. The fourth-order valence-electron chi connectivity index (χ4n) is 0.363. The van der Waals surface area contributed by atoms with Crippen LogP contribution in [0.15, 0.2) is 0 Å². The highest BCUT2D eigenvalue weighted by Gasteiger charge is 2.05. The second-order valence-corrected chi connectivity index (χ2v) is 3.18. The minimum Gasteiger partial charge on any atom is -0.392 e. The molecule has 0 spiro atoms. The number of rotatable bonds is 3. The summed E-state index contributed by atoms with van der Waals surface area (Å²) in [7, 11) is 0. The van der Waals surface area contributed by atoms with Gasteiger partial charge in [-0.1, -0.05) is 13.8 Å². The van der Waals surface area contributed by atoms with Gasteiger partial charge in [-0.25, -0.2) is 0 Å². The van der Waals surface area contributed by atoms with Gasteiger partial charge in [0, 0.05) is 5.75 Å². The second kappa shape index (κ2) is 4.21. The van der Waals surface area contributed by atoms with Crippen molar-refractivity contribution in [3.8, 4) is 0 Å². The summed E-state index contributed by atoms with van der Waals surface area (Å²) in [5.41, 5.74) is 0. The van der Waals surface area contributed by atoms with Crippen LogP contribution in [0, 0.1) is 5.92 Å². The van der Waals surface area contributed by atoms with Crippen molar-refractivity contribution in [2.45, 2.75) is 20.0 Å². The van der Waals surface area contributed by atoms with Gasteiger partial charge in [0.15, 0.2) is 0 Å². The Morgan fingerprint density at radius 2 is 2.00 bits per heavy atom. The van der Waals surface area contributed by atoms with E-state index in [2.05, 4.69) is 0 Å². The van der Waals surface area contributed by atoms with Crippen LogP contribution in [0.3, 0.4) is 0 Å². The highest BCUT2D eigenvalue weighted by Crippen LogP contribution is 2.05. The van der Waals surface area contributed by atoms with E-state index in [0.717, 1.165) is 5.75 Å². The van der Waals surface area contributed by atoms with Gasteiger partial charge in [0.1, 0.15) is 0 Å². The van der Waals surface area contributed by atoms with Crippen LogP contribution in [0.4, 0.5) is 0 Å². The molecule has 2 heteroatoms. The zero-order valence-corrected chi connectivity index (χ0v) is 6.53. The van der Waals surface area contributed by atoms with Crippen LogP contribution in [-0.2, 0) is 0 Å². The van der Waals surface area contributed by atoms with Crippen LogP contribution < -0.4 is 0 Å². The first-order valence-corrected chi connectivity index (χ1v) is 4.25. The molecule has 0 bridgehead atoms. The highest BCUT2D eigenvalue weighted by molar-refractivity contribution is 7.98. The van der Waals surface area contributed by atoms with Gasteiger partial charge in [-0.05, 0) is 12.2 Å².